The number of nitrogens with one attached hydrogen (secondary N) is 1. The molecule has 3 N–H and O–H groups in total. The van der Waals surface area contributed by atoms with Gasteiger partial charge < -0.3 is 11.1 Å². The summed E-state index contributed by atoms with van der Waals surface area (Å²) < 4.78 is 0. The van der Waals surface area contributed by atoms with Crippen LogP contribution in [-0.4, -0.2) is 13.6 Å². The first-order chi connectivity index (χ1) is 6.75. The molecule has 2 heteroatoms. The van der Waals surface area contributed by atoms with Gasteiger partial charge >= 0.3 is 0 Å². The van der Waals surface area contributed by atoms with Gasteiger partial charge in [-0.2, -0.15) is 0 Å². The summed E-state index contributed by atoms with van der Waals surface area (Å²) in [5.74, 6) is 6.22. The maximum absolute atomic E-state index is 5.77. The van der Waals surface area contributed by atoms with Gasteiger partial charge in [-0.1, -0.05) is 17.9 Å². The number of nitrogens with two attached hydrogens (primary N) is 1. The summed E-state index contributed by atoms with van der Waals surface area (Å²) in [5.41, 5.74) is 8.68. The standard InChI is InChI=1S/C12H16N2/c1-10-11(6-3-4-9-14-2)7-5-8-12(10)13/h5,7-8,14H,4,9,13H2,1-2H3. The third kappa shape index (κ3) is 2.79. The quantitative estimate of drug-likeness (QED) is 0.420. The van der Waals surface area contributed by atoms with Gasteiger partial charge in [0.1, 0.15) is 0 Å². The highest BCUT2D eigenvalue weighted by molar-refractivity contribution is 5.55. The first-order valence-electron chi connectivity index (χ1n) is 4.74. The first kappa shape index (κ1) is 10.6. The summed E-state index contributed by atoms with van der Waals surface area (Å²) in [7, 11) is 1.92. The fraction of sp³-hybridized carbons (Fsp3) is 0.333. The number of hydrogen-bond acceptors (Lipinski definition) is 2. The van der Waals surface area contributed by atoms with Crippen LogP contribution < -0.4 is 11.1 Å². The van der Waals surface area contributed by atoms with Crippen LogP contribution in [0.1, 0.15) is 17.5 Å². The van der Waals surface area contributed by atoms with Crippen molar-refractivity contribution in [3.63, 3.8) is 0 Å². The van der Waals surface area contributed by atoms with E-state index in [9.17, 15) is 0 Å². The molecular weight excluding hydrogens is 172 g/mol. The molecule has 14 heavy (non-hydrogen) atoms. The van der Waals surface area contributed by atoms with E-state index in [0.29, 0.717) is 0 Å². The van der Waals surface area contributed by atoms with Crippen LogP contribution in [0.15, 0.2) is 18.2 Å². The Labute approximate surface area is 85.5 Å². The average molecular weight is 188 g/mol. The van der Waals surface area contributed by atoms with E-state index in [1.165, 1.54) is 0 Å². The van der Waals surface area contributed by atoms with Crippen LogP contribution >= 0.6 is 0 Å². The summed E-state index contributed by atoms with van der Waals surface area (Å²) >= 11 is 0. The first-order valence-corrected chi connectivity index (χ1v) is 4.74. The summed E-state index contributed by atoms with van der Waals surface area (Å²) in [6, 6.07) is 5.83. The van der Waals surface area contributed by atoms with Crippen LogP contribution in [0.5, 0.6) is 0 Å². The van der Waals surface area contributed by atoms with Crippen molar-refractivity contribution >= 4 is 5.69 Å². The lowest BCUT2D eigenvalue weighted by Crippen LogP contribution is -2.05. The van der Waals surface area contributed by atoms with Crippen LogP contribution in [0.2, 0.25) is 0 Å². The summed E-state index contributed by atoms with van der Waals surface area (Å²) in [6.07, 6.45) is 0.866. The van der Waals surface area contributed by atoms with E-state index in [1.54, 1.807) is 0 Å². The molecule has 0 atom stereocenters. The molecule has 0 radical (unpaired) electrons. The van der Waals surface area contributed by atoms with Gasteiger partial charge in [-0.25, -0.2) is 0 Å². The number of nitrogen functional groups attached to an aromatic ring is 1. The van der Waals surface area contributed by atoms with E-state index in [1.807, 2.05) is 32.2 Å². The molecule has 74 valence electrons. The van der Waals surface area contributed by atoms with E-state index >= 15 is 0 Å². The second-order valence-electron chi connectivity index (χ2n) is 3.18. The molecular formula is C12H16N2. The van der Waals surface area contributed by atoms with Crippen molar-refractivity contribution in [2.24, 2.45) is 0 Å². The molecule has 1 aromatic carbocycles. The van der Waals surface area contributed by atoms with Gasteiger partial charge in [0.2, 0.25) is 0 Å². The van der Waals surface area contributed by atoms with Crippen molar-refractivity contribution in [2.45, 2.75) is 13.3 Å². The lowest BCUT2D eigenvalue weighted by atomic mass is 10.1. The smallest absolute Gasteiger partial charge is 0.0356 e. The second kappa shape index (κ2) is 5.31. The van der Waals surface area contributed by atoms with Crippen molar-refractivity contribution < 1.29 is 0 Å². The predicted octanol–water partition coefficient (Wildman–Crippen LogP) is 1.54. The largest absolute Gasteiger partial charge is 0.398 e. The molecule has 1 rings (SSSR count). The van der Waals surface area contributed by atoms with Gasteiger partial charge in [0.15, 0.2) is 0 Å². The van der Waals surface area contributed by atoms with Gasteiger partial charge in [0, 0.05) is 24.2 Å². The molecule has 0 unspecified atom stereocenters. The minimum absolute atomic E-state index is 0.811. The van der Waals surface area contributed by atoms with Gasteiger partial charge in [0.25, 0.3) is 0 Å². The third-order valence-corrected chi connectivity index (χ3v) is 2.10. The van der Waals surface area contributed by atoms with Crippen LogP contribution in [0, 0.1) is 18.8 Å². The third-order valence-electron chi connectivity index (χ3n) is 2.10. The normalized spacial score (nSPS) is 9.29. The molecule has 2 nitrogen and oxygen atoms in total. The summed E-state index contributed by atoms with van der Waals surface area (Å²) in [4.78, 5) is 0. The molecule has 0 aliphatic carbocycles. The Morgan fingerprint density at radius 3 is 2.93 bits per heavy atom. The molecule has 0 amide bonds. The topological polar surface area (TPSA) is 38.0 Å². The van der Waals surface area contributed by atoms with Crippen molar-refractivity contribution in [3.8, 4) is 11.8 Å². The second-order valence-corrected chi connectivity index (χ2v) is 3.18. The Bertz CT molecular complexity index is 358. The number of hydrogen-bond donors (Lipinski definition) is 2. The van der Waals surface area contributed by atoms with Crippen LogP contribution in [-0.2, 0) is 0 Å². The Morgan fingerprint density at radius 2 is 2.21 bits per heavy atom. The molecule has 0 aliphatic heterocycles. The molecule has 0 saturated carbocycles. The minimum atomic E-state index is 0.811. The molecule has 0 heterocycles. The van der Waals surface area contributed by atoms with Crippen molar-refractivity contribution in [3.05, 3.63) is 29.3 Å². The zero-order valence-corrected chi connectivity index (χ0v) is 8.72. The molecule has 0 bridgehead atoms. The lowest BCUT2D eigenvalue weighted by Gasteiger charge is -2.00. The predicted molar refractivity (Wildman–Crippen MR) is 61.0 cm³/mol. The van der Waals surface area contributed by atoms with Crippen molar-refractivity contribution in [1.29, 1.82) is 0 Å². The Hall–Kier alpha value is -1.46. The highest BCUT2D eigenvalue weighted by Gasteiger charge is 1.96. The molecule has 0 spiro atoms. The monoisotopic (exact) mass is 188 g/mol. The van der Waals surface area contributed by atoms with Crippen LogP contribution in [0.25, 0.3) is 0 Å². The highest BCUT2D eigenvalue weighted by Crippen LogP contribution is 2.13. The van der Waals surface area contributed by atoms with E-state index in [-0.39, 0.29) is 0 Å². The molecule has 1 aromatic rings. The van der Waals surface area contributed by atoms with Gasteiger partial charge in [-0.15, -0.1) is 0 Å². The van der Waals surface area contributed by atoms with Gasteiger partial charge in [0.05, 0.1) is 0 Å². The van der Waals surface area contributed by atoms with Crippen molar-refractivity contribution in [2.75, 3.05) is 19.3 Å². The molecule has 0 saturated heterocycles. The van der Waals surface area contributed by atoms with Crippen molar-refractivity contribution in [1.82, 2.24) is 5.32 Å². The summed E-state index contributed by atoms with van der Waals surface area (Å²) in [6.45, 7) is 2.92. The fourth-order valence-electron chi connectivity index (χ4n) is 1.13. The summed E-state index contributed by atoms with van der Waals surface area (Å²) in [5, 5.41) is 3.05. The molecule has 0 aliphatic rings. The van der Waals surface area contributed by atoms with Gasteiger partial charge in [-0.05, 0) is 31.7 Å². The maximum Gasteiger partial charge on any atom is 0.0356 e. The maximum atomic E-state index is 5.77. The van der Waals surface area contributed by atoms with E-state index in [0.717, 1.165) is 29.8 Å². The van der Waals surface area contributed by atoms with E-state index < -0.39 is 0 Å². The van der Waals surface area contributed by atoms with E-state index in [2.05, 4.69) is 17.2 Å². The van der Waals surface area contributed by atoms with Crippen LogP contribution in [0.3, 0.4) is 0 Å². The minimum Gasteiger partial charge on any atom is -0.398 e. The Kier molecular flexibility index (Phi) is 4.03. The highest BCUT2D eigenvalue weighted by atomic mass is 14.8. The fourth-order valence-corrected chi connectivity index (χ4v) is 1.13. The Balaban J connectivity index is 2.74. The molecule has 0 fully saturated rings. The van der Waals surface area contributed by atoms with Gasteiger partial charge in [-0.3, -0.25) is 0 Å². The Morgan fingerprint density at radius 1 is 1.43 bits per heavy atom. The number of anilines is 1. The zero-order valence-electron chi connectivity index (χ0n) is 8.72. The SMILES string of the molecule is CNCCC#Cc1cccc(N)c1C. The average Bonchev–Trinajstić information content (AvgIpc) is 2.19. The number of benzene rings is 1. The number of rotatable bonds is 2. The molecule has 0 aromatic heterocycles. The van der Waals surface area contributed by atoms with Crippen LogP contribution in [0.4, 0.5) is 5.69 Å². The van der Waals surface area contributed by atoms with E-state index in [4.69, 9.17) is 5.73 Å². The lowest BCUT2D eigenvalue weighted by molar-refractivity contribution is 0.818. The zero-order chi connectivity index (χ0) is 10.4.